The number of benzene rings is 1. The molecule has 2 aromatic rings. The van der Waals surface area contributed by atoms with Crippen LogP contribution in [0.4, 0.5) is 5.69 Å². The quantitative estimate of drug-likeness (QED) is 0.932. The van der Waals surface area contributed by atoms with E-state index in [1.165, 1.54) is 11.1 Å². The zero-order valence-corrected chi connectivity index (χ0v) is 14.6. The number of aromatic nitrogens is 1. The highest BCUT2D eigenvalue weighted by Gasteiger charge is 2.29. The van der Waals surface area contributed by atoms with E-state index in [-0.39, 0.29) is 11.9 Å². The Balaban J connectivity index is 1.73. The molecule has 1 amide bonds. The maximum atomic E-state index is 12.8. The Morgan fingerprint density at radius 1 is 1.33 bits per heavy atom. The minimum Gasteiger partial charge on any atom is -0.359 e. The Morgan fingerprint density at radius 2 is 2.17 bits per heavy atom. The van der Waals surface area contributed by atoms with Gasteiger partial charge in [-0.25, -0.2) is 0 Å². The maximum Gasteiger partial charge on any atom is 0.241 e. The van der Waals surface area contributed by atoms with Crippen LogP contribution in [0, 0.1) is 20.8 Å². The summed E-state index contributed by atoms with van der Waals surface area (Å²) >= 11 is 0. The summed E-state index contributed by atoms with van der Waals surface area (Å²) in [6.07, 6.45) is 3.12. The van der Waals surface area contributed by atoms with Gasteiger partial charge >= 0.3 is 0 Å². The van der Waals surface area contributed by atoms with Crippen LogP contribution in [-0.4, -0.2) is 28.6 Å². The average Bonchev–Trinajstić information content (AvgIpc) is 2.87. The van der Waals surface area contributed by atoms with E-state index in [4.69, 9.17) is 4.52 Å². The van der Waals surface area contributed by atoms with Crippen LogP contribution >= 0.6 is 0 Å². The van der Waals surface area contributed by atoms with Gasteiger partial charge in [0.05, 0.1) is 6.04 Å². The monoisotopic (exact) mass is 327 g/mol. The van der Waals surface area contributed by atoms with Crippen molar-refractivity contribution in [3.63, 3.8) is 0 Å². The molecule has 1 aromatic heterocycles. The largest absolute Gasteiger partial charge is 0.359 e. The number of anilines is 1. The molecule has 24 heavy (non-hydrogen) atoms. The number of rotatable bonds is 4. The van der Waals surface area contributed by atoms with Crippen molar-refractivity contribution < 1.29 is 9.32 Å². The molecule has 2 heterocycles. The molecule has 0 aliphatic carbocycles. The van der Waals surface area contributed by atoms with Crippen molar-refractivity contribution in [1.29, 1.82) is 0 Å². The first-order valence-corrected chi connectivity index (χ1v) is 8.58. The van der Waals surface area contributed by atoms with Gasteiger partial charge in [-0.05, 0) is 45.7 Å². The first-order valence-electron chi connectivity index (χ1n) is 8.58. The van der Waals surface area contributed by atoms with Gasteiger partial charge < -0.3 is 9.84 Å². The van der Waals surface area contributed by atoms with Crippen LogP contribution in [0.15, 0.2) is 28.8 Å². The number of carbonyl (C=O) groups excluding carboxylic acids is 1. The number of nitrogens with zero attached hydrogens (tertiary/aromatic N) is 2. The SMILES string of the molecule is Cc1cccc(CN2CCCC[C@@H]2C(=O)Nc2c(C)noc2C)c1. The number of hydrogen-bond acceptors (Lipinski definition) is 4. The summed E-state index contributed by atoms with van der Waals surface area (Å²) in [7, 11) is 0. The van der Waals surface area contributed by atoms with Crippen molar-refractivity contribution >= 4 is 11.6 Å². The third-order valence-corrected chi connectivity index (χ3v) is 4.67. The average molecular weight is 327 g/mol. The van der Waals surface area contributed by atoms with Crippen molar-refractivity contribution in [2.75, 3.05) is 11.9 Å². The molecule has 3 rings (SSSR count). The Labute approximate surface area is 143 Å². The molecule has 0 spiro atoms. The Hall–Kier alpha value is -2.14. The lowest BCUT2D eigenvalue weighted by Gasteiger charge is -2.34. The summed E-state index contributed by atoms with van der Waals surface area (Å²) in [5.74, 6) is 0.693. The molecule has 1 atom stereocenters. The smallest absolute Gasteiger partial charge is 0.241 e. The van der Waals surface area contributed by atoms with E-state index in [1.807, 2.05) is 13.8 Å². The molecular formula is C19H25N3O2. The molecule has 0 saturated carbocycles. The lowest BCUT2D eigenvalue weighted by molar-refractivity contribution is -0.122. The fourth-order valence-corrected chi connectivity index (χ4v) is 3.39. The topological polar surface area (TPSA) is 58.4 Å². The number of piperidine rings is 1. The van der Waals surface area contributed by atoms with Crippen molar-refractivity contribution in [1.82, 2.24) is 10.1 Å². The third-order valence-electron chi connectivity index (χ3n) is 4.67. The first kappa shape index (κ1) is 16.7. The Bertz CT molecular complexity index is 704. The first-order chi connectivity index (χ1) is 11.5. The summed E-state index contributed by atoms with van der Waals surface area (Å²) in [6, 6.07) is 8.39. The number of aryl methyl sites for hydroxylation is 3. The van der Waals surface area contributed by atoms with E-state index in [0.29, 0.717) is 11.4 Å². The highest BCUT2D eigenvalue weighted by atomic mass is 16.5. The van der Waals surface area contributed by atoms with E-state index < -0.39 is 0 Å². The maximum absolute atomic E-state index is 12.8. The molecule has 1 N–H and O–H groups in total. The predicted molar refractivity (Wildman–Crippen MR) is 93.8 cm³/mol. The van der Waals surface area contributed by atoms with Gasteiger partial charge in [0.1, 0.15) is 11.4 Å². The highest BCUT2D eigenvalue weighted by Crippen LogP contribution is 2.24. The standard InChI is InChI=1S/C19H25N3O2/c1-13-7-6-8-16(11-13)12-22-10-5-4-9-17(22)19(23)20-18-14(2)21-24-15(18)3/h6-8,11,17H,4-5,9-10,12H2,1-3H3,(H,20,23)/t17-/m1/s1. The van der Waals surface area contributed by atoms with Gasteiger partial charge in [-0.2, -0.15) is 0 Å². The Kier molecular flexibility index (Phi) is 5.00. The van der Waals surface area contributed by atoms with Crippen molar-refractivity contribution in [3.8, 4) is 0 Å². The van der Waals surface area contributed by atoms with Crippen molar-refractivity contribution in [2.45, 2.75) is 52.6 Å². The fourth-order valence-electron chi connectivity index (χ4n) is 3.39. The van der Waals surface area contributed by atoms with Gasteiger partial charge in [-0.15, -0.1) is 0 Å². The van der Waals surface area contributed by atoms with Crippen LogP contribution < -0.4 is 5.32 Å². The van der Waals surface area contributed by atoms with Gasteiger partial charge in [0.2, 0.25) is 5.91 Å². The second-order valence-corrected chi connectivity index (χ2v) is 6.66. The van der Waals surface area contributed by atoms with Crippen LogP contribution in [0.25, 0.3) is 0 Å². The summed E-state index contributed by atoms with van der Waals surface area (Å²) in [4.78, 5) is 15.1. The third kappa shape index (κ3) is 3.67. The minimum absolute atomic E-state index is 0.0387. The Morgan fingerprint density at radius 3 is 2.88 bits per heavy atom. The fraction of sp³-hybridized carbons (Fsp3) is 0.474. The van der Waals surface area contributed by atoms with Crippen LogP contribution in [-0.2, 0) is 11.3 Å². The van der Waals surface area contributed by atoms with Gasteiger partial charge in [-0.3, -0.25) is 9.69 Å². The molecule has 1 saturated heterocycles. The van der Waals surface area contributed by atoms with Crippen LogP contribution in [0.3, 0.4) is 0 Å². The molecule has 0 unspecified atom stereocenters. The molecule has 1 aliphatic rings. The van der Waals surface area contributed by atoms with Gasteiger partial charge in [0, 0.05) is 6.54 Å². The summed E-state index contributed by atoms with van der Waals surface area (Å²) in [6.45, 7) is 7.52. The number of amides is 1. The zero-order valence-electron chi connectivity index (χ0n) is 14.6. The number of likely N-dealkylation sites (tertiary alicyclic amines) is 1. The van der Waals surface area contributed by atoms with E-state index in [0.717, 1.165) is 38.0 Å². The molecule has 0 radical (unpaired) electrons. The number of nitrogens with one attached hydrogen (secondary N) is 1. The second-order valence-electron chi connectivity index (χ2n) is 6.66. The van der Waals surface area contributed by atoms with Gasteiger partial charge in [0.25, 0.3) is 0 Å². The van der Waals surface area contributed by atoms with Gasteiger partial charge in [0.15, 0.2) is 5.76 Å². The van der Waals surface area contributed by atoms with E-state index in [1.54, 1.807) is 0 Å². The molecule has 1 aliphatic heterocycles. The van der Waals surface area contributed by atoms with E-state index in [2.05, 4.69) is 46.6 Å². The van der Waals surface area contributed by atoms with Gasteiger partial charge in [-0.1, -0.05) is 41.4 Å². The lowest BCUT2D eigenvalue weighted by Crippen LogP contribution is -2.46. The molecule has 0 bridgehead atoms. The van der Waals surface area contributed by atoms with Crippen LogP contribution in [0.1, 0.15) is 41.8 Å². The van der Waals surface area contributed by atoms with E-state index >= 15 is 0 Å². The predicted octanol–water partition coefficient (Wildman–Crippen LogP) is 3.59. The second kappa shape index (κ2) is 7.18. The summed E-state index contributed by atoms with van der Waals surface area (Å²) in [5, 5.41) is 6.93. The van der Waals surface area contributed by atoms with Crippen LogP contribution in [0.2, 0.25) is 0 Å². The zero-order chi connectivity index (χ0) is 17.1. The van der Waals surface area contributed by atoms with E-state index in [9.17, 15) is 4.79 Å². The minimum atomic E-state index is -0.104. The molecule has 128 valence electrons. The molecule has 1 fully saturated rings. The number of hydrogen-bond donors (Lipinski definition) is 1. The normalized spacial score (nSPS) is 18.5. The lowest BCUT2D eigenvalue weighted by atomic mass is 10.00. The summed E-state index contributed by atoms with van der Waals surface area (Å²) in [5.41, 5.74) is 3.94. The highest BCUT2D eigenvalue weighted by molar-refractivity contribution is 5.95. The molecule has 1 aromatic carbocycles. The molecule has 5 heteroatoms. The van der Waals surface area contributed by atoms with Crippen molar-refractivity contribution in [2.24, 2.45) is 0 Å². The van der Waals surface area contributed by atoms with Crippen LogP contribution in [0.5, 0.6) is 0 Å². The molecule has 5 nitrogen and oxygen atoms in total. The molecular weight excluding hydrogens is 302 g/mol. The number of carbonyl (C=O) groups is 1. The van der Waals surface area contributed by atoms with Crippen molar-refractivity contribution in [3.05, 3.63) is 46.8 Å². The summed E-state index contributed by atoms with van der Waals surface area (Å²) < 4.78 is 5.14.